The van der Waals surface area contributed by atoms with Gasteiger partial charge in [0, 0.05) is 33.3 Å². The van der Waals surface area contributed by atoms with Gasteiger partial charge in [-0.05, 0) is 0 Å². The van der Waals surface area contributed by atoms with Gasteiger partial charge >= 0.3 is 25.8 Å². The van der Waals surface area contributed by atoms with E-state index in [1.54, 1.807) is 0 Å². The molecule has 0 heterocycles. The van der Waals surface area contributed by atoms with Crippen molar-refractivity contribution in [2.75, 3.05) is 0 Å². The van der Waals surface area contributed by atoms with Gasteiger partial charge in [-0.25, -0.2) is 0 Å². The molecule has 0 aliphatic carbocycles. The molecule has 0 unspecified atom stereocenters. The number of rotatable bonds is 0. The molecule has 0 aromatic heterocycles. The number of aliphatic carboxylic acids is 2. The fraction of sp³-hybridized carbons (Fsp3) is 0.500. The molecule has 0 atom stereocenters. The SMILES string of the molecule is CC(=O)O.CC(=O)O.[InH3].[Zn]. The largest absolute Gasteiger partial charge is 0 e. The Balaban J connectivity index is -0.0000000300. The Kier molecular flexibility index (Phi) is 36.4. The van der Waals surface area contributed by atoms with E-state index in [1.165, 1.54) is 0 Å². The first kappa shape index (κ1) is 22.4. The molecular formula is C4H11InO4Zn. The minimum absolute atomic E-state index is 0. The fourth-order valence-electron chi connectivity index (χ4n) is 0. The third-order valence-electron chi connectivity index (χ3n) is 0. The molecule has 2 N–H and O–H groups in total. The van der Waals surface area contributed by atoms with Crippen LogP contribution in [0.3, 0.4) is 0 Å². The van der Waals surface area contributed by atoms with Gasteiger partial charge in [-0.1, -0.05) is 0 Å². The van der Waals surface area contributed by atoms with E-state index in [0.29, 0.717) is 0 Å². The maximum Gasteiger partial charge on any atom is 0 e. The Hall–Kier alpha value is 0.434. The summed E-state index contributed by atoms with van der Waals surface area (Å²) >= 11 is 0. The average Bonchev–Trinajstić information content (AvgIpc) is 1.25. The monoisotopic (exact) mass is 302 g/mol. The second-order valence-electron chi connectivity index (χ2n) is 1.04. The van der Waals surface area contributed by atoms with Crippen LogP contribution in [0.15, 0.2) is 0 Å². The van der Waals surface area contributed by atoms with E-state index < -0.39 is 11.9 Å². The summed E-state index contributed by atoms with van der Waals surface area (Å²) < 4.78 is 0. The van der Waals surface area contributed by atoms with E-state index in [-0.39, 0.29) is 45.3 Å². The zero-order valence-electron chi connectivity index (χ0n) is 5.42. The topological polar surface area (TPSA) is 74.6 Å². The molecule has 0 aromatic rings. The molecule has 0 fully saturated rings. The van der Waals surface area contributed by atoms with E-state index in [0.717, 1.165) is 13.8 Å². The van der Waals surface area contributed by atoms with Crippen LogP contribution in [0.25, 0.3) is 0 Å². The molecule has 0 radical (unpaired) electrons. The van der Waals surface area contributed by atoms with Gasteiger partial charge in [-0.3, -0.25) is 9.59 Å². The van der Waals surface area contributed by atoms with Gasteiger partial charge in [0.15, 0.2) is 0 Å². The van der Waals surface area contributed by atoms with Crippen molar-refractivity contribution < 1.29 is 39.3 Å². The molecule has 0 saturated heterocycles. The average molecular weight is 303 g/mol. The van der Waals surface area contributed by atoms with Gasteiger partial charge in [0.05, 0.1) is 0 Å². The second kappa shape index (κ2) is 16.2. The zero-order valence-corrected chi connectivity index (χ0v) is 8.39. The summed E-state index contributed by atoms with van der Waals surface area (Å²) in [6.45, 7) is 2.17. The van der Waals surface area contributed by atoms with E-state index in [1.807, 2.05) is 0 Å². The van der Waals surface area contributed by atoms with Crippen molar-refractivity contribution >= 4 is 37.8 Å². The molecule has 0 rings (SSSR count). The van der Waals surface area contributed by atoms with Gasteiger partial charge in [0.1, 0.15) is 0 Å². The number of hydrogen-bond donors (Lipinski definition) is 2. The summed E-state index contributed by atoms with van der Waals surface area (Å²) in [6, 6.07) is 0. The standard InChI is InChI=1S/2C2H4O2.In.Zn.3H/c2*1-2(3)4;;;;;/h2*1H3,(H,3,4);;;;;. The molecular weight excluding hydrogens is 292 g/mol. The first-order valence-corrected chi connectivity index (χ1v) is 1.86. The van der Waals surface area contributed by atoms with Crippen molar-refractivity contribution in [2.24, 2.45) is 0 Å². The summed E-state index contributed by atoms with van der Waals surface area (Å²) in [4.78, 5) is 18.0. The number of carbonyl (C=O) groups is 2. The van der Waals surface area contributed by atoms with Crippen LogP contribution in [0.1, 0.15) is 13.8 Å². The van der Waals surface area contributed by atoms with Crippen molar-refractivity contribution in [3.8, 4) is 0 Å². The van der Waals surface area contributed by atoms with Gasteiger partial charge < -0.3 is 10.2 Å². The maximum absolute atomic E-state index is 9.00. The van der Waals surface area contributed by atoms with Gasteiger partial charge in [-0.15, -0.1) is 0 Å². The van der Waals surface area contributed by atoms with Crippen molar-refractivity contribution in [1.29, 1.82) is 0 Å². The van der Waals surface area contributed by atoms with Crippen LogP contribution in [0.5, 0.6) is 0 Å². The van der Waals surface area contributed by atoms with E-state index >= 15 is 0 Å². The molecule has 0 amide bonds. The van der Waals surface area contributed by atoms with E-state index in [9.17, 15) is 0 Å². The summed E-state index contributed by atoms with van der Waals surface area (Å²) in [5.74, 6) is -1.67. The molecule has 0 saturated carbocycles. The van der Waals surface area contributed by atoms with Gasteiger partial charge in [0.25, 0.3) is 11.9 Å². The molecule has 0 aliphatic heterocycles. The predicted molar refractivity (Wildman–Crippen MR) is 36.6 cm³/mol. The van der Waals surface area contributed by atoms with Crippen LogP contribution in [0, 0.1) is 0 Å². The van der Waals surface area contributed by atoms with Crippen LogP contribution in [0.2, 0.25) is 0 Å². The first-order valence-electron chi connectivity index (χ1n) is 1.86. The summed E-state index contributed by atoms with van der Waals surface area (Å²) in [6.07, 6.45) is 0. The number of carboxylic acids is 2. The molecule has 0 aliphatic rings. The van der Waals surface area contributed by atoms with Crippen LogP contribution < -0.4 is 0 Å². The first-order chi connectivity index (χ1) is 3.46. The summed E-state index contributed by atoms with van der Waals surface area (Å²) in [5, 5.41) is 14.8. The Morgan fingerprint density at radius 3 is 1.00 bits per heavy atom. The smallest absolute Gasteiger partial charge is 0 e. The van der Waals surface area contributed by atoms with E-state index in [4.69, 9.17) is 19.8 Å². The van der Waals surface area contributed by atoms with Crippen molar-refractivity contribution in [2.45, 2.75) is 13.8 Å². The Morgan fingerprint density at radius 1 is 1.00 bits per heavy atom. The van der Waals surface area contributed by atoms with Gasteiger partial charge in [0.2, 0.25) is 0 Å². The third kappa shape index (κ3) is 2480. The molecule has 0 spiro atoms. The molecule has 10 heavy (non-hydrogen) atoms. The second-order valence-corrected chi connectivity index (χ2v) is 1.04. The normalized spacial score (nSPS) is 5.00. The van der Waals surface area contributed by atoms with Crippen LogP contribution in [0.4, 0.5) is 0 Å². The number of carboxylic acid groups (broad SMARTS) is 2. The van der Waals surface area contributed by atoms with Crippen molar-refractivity contribution in [1.82, 2.24) is 0 Å². The van der Waals surface area contributed by atoms with Crippen molar-refractivity contribution in [3.05, 3.63) is 0 Å². The summed E-state index contributed by atoms with van der Waals surface area (Å²) in [5.41, 5.74) is 0. The third-order valence-corrected chi connectivity index (χ3v) is 0. The maximum atomic E-state index is 9.00. The minimum atomic E-state index is -0.833. The Labute approximate surface area is 90.5 Å². The molecule has 0 aromatic carbocycles. The molecule has 56 valence electrons. The predicted octanol–water partition coefficient (Wildman–Crippen LogP) is -1.00. The van der Waals surface area contributed by atoms with Crippen LogP contribution in [-0.2, 0) is 29.1 Å². The van der Waals surface area contributed by atoms with Crippen LogP contribution >= 0.6 is 0 Å². The van der Waals surface area contributed by atoms with E-state index in [2.05, 4.69) is 0 Å². The van der Waals surface area contributed by atoms with Gasteiger partial charge in [-0.2, -0.15) is 0 Å². The van der Waals surface area contributed by atoms with Crippen LogP contribution in [-0.4, -0.2) is 48.0 Å². The number of hydrogen-bond acceptors (Lipinski definition) is 2. The van der Waals surface area contributed by atoms with Crippen molar-refractivity contribution in [3.63, 3.8) is 0 Å². The summed E-state index contributed by atoms with van der Waals surface area (Å²) in [7, 11) is 0. The molecule has 0 bridgehead atoms. The minimum Gasteiger partial charge on any atom is 0 e. The Morgan fingerprint density at radius 2 is 1.00 bits per heavy atom. The molecule has 6 heteroatoms. The Bertz CT molecular complexity index is 75.3. The quantitative estimate of drug-likeness (QED) is 0.563. The fourth-order valence-corrected chi connectivity index (χ4v) is 0. The zero-order chi connectivity index (χ0) is 7.15. The molecule has 4 nitrogen and oxygen atoms in total.